The molecule has 0 spiro atoms. The number of nitrogens with one attached hydrogen (secondary N) is 1. The molecule has 0 bridgehead atoms. The van der Waals surface area contributed by atoms with E-state index >= 15 is 0 Å². The highest BCUT2D eigenvalue weighted by Crippen LogP contribution is 2.39. The van der Waals surface area contributed by atoms with Crippen LogP contribution in [0.1, 0.15) is 26.2 Å². The number of carbonyl (C=O) groups excluding carboxylic acids is 1. The molecule has 0 radical (unpaired) electrons. The molecular weight excluding hydrogens is 166 g/mol. The Morgan fingerprint density at radius 2 is 2.23 bits per heavy atom. The van der Waals surface area contributed by atoms with Crippen molar-refractivity contribution < 1.29 is 4.79 Å². The molecule has 0 aromatic heterocycles. The fraction of sp³-hybridized carbons (Fsp3) is 0.889. The van der Waals surface area contributed by atoms with E-state index < -0.39 is 11.9 Å². The summed E-state index contributed by atoms with van der Waals surface area (Å²) >= 11 is 0. The zero-order valence-electron chi connectivity index (χ0n) is 8.18. The Bertz CT molecular complexity index is 189. The summed E-state index contributed by atoms with van der Waals surface area (Å²) in [6, 6.07) is -0.552. The lowest BCUT2D eigenvalue weighted by Crippen LogP contribution is -2.47. The van der Waals surface area contributed by atoms with Gasteiger partial charge in [0.05, 0.1) is 6.04 Å². The van der Waals surface area contributed by atoms with Crippen molar-refractivity contribution in [1.82, 2.24) is 5.32 Å². The minimum atomic E-state index is -0.552. The lowest BCUT2D eigenvalue weighted by Gasteiger charge is -2.38. The molecule has 0 heterocycles. The van der Waals surface area contributed by atoms with E-state index in [9.17, 15) is 4.79 Å². The molecule has 0 aromatic rings. The molecule has 0 aromatic carbocycles. The highest BCUT2D eigenvalue weighted by Gasteiger charge is 2.31. The third kappa shape index (κ3) is 2.97. The minimum Gasteiger partial charge on any atom is -0.368 e. The largest absolute Gasteiger partial charge is 0.368 e. The maximum Gasteiger partial charge on any atom is 0.235 e. The van der Waals surface area contributed by atoms with E-state index in [4.69, 9.17) is 11.5 Å². The summed E-state index contributed by atoms with van der Waals surface area (Å²) < 4.78 is 0. The minimum absolute atomic E-state index is 0.428. The molecule has 13 heavy (non-hydrogen) atoms. The summed E-state index contributed by atoms with van der Waals surface area (Å²) in [6.07, 6.45) is 3.86. The summed E-state index contributed by atoms with van der Waals surface area (Å²) in [7, 11) is 0. The Morgan fingerprint density at radius 3 is 2.62 bits per heavy atom. The first-order valence-corrected chi connectivity index (χ1v) is 4.79. The standard InChI is InChI=1S/C9H19N3O/c1-9(3-2-4-9)6-12-5-7(10)8(11)13/h7,12H,2-6,10H2,1H3,(H2,11,13). The van der Waals surface area contributed by atoms with Crippen LogP contribution in [0.2, 0.25) is 0 Å². The van der Waals surface area contributed by atoms with Crippen LogP contribution < -0.4 is 16.8 Å². The molecule has 1 aliphatic carbocycles. The van der Waals surface area contributed by atoms with Crippen LogP contribution in [0, 0.1) is 5.41 Å². The van der Waals surface area contributed by atoms with Gasteiger partial charge in [0.2, 0.25) is 5.91 Å². The fourth-order valence-electron chi connectivity index (χ4n) is 1.59. The van der Waals surface area contributed by atoms with Gasteiger partial charge in [-0.1, -0.05) is 13.3 Å². The van der Waals surface area contributed by atoms with Crippen molar-refractivity contribution in [2.45, 2.75) is 32.2 Å². The van der Waals surface area contributed by atoms with Gasteiger partial charge >= 0.3 is 0 Å². The molecule has 5 N–H and O–H groups in total. The number of hydrogen-bond donors (Lipinski definition) is 3. The second kappa shape index (κ2) is 4.07. The maximum absolute atomic E-state index is 10.6. The first-order chi connectivity index (χ1) is 6.03. The van der Waals surface area contributed by atoms with Gasteiger partial charge in [-0.3, -0.25) is 4.79 Å². The van der Waals surface area contributed by atoms with Crippen molar-refractivity contribution in [1.29, 1.82) is 0 Å². The molecular formula is C9H19N3O. The van der Waals surface area contributed by atoms with Crippen LogP contribution in [0.25, 0.3) is 0 Å². The number of primary amides is 1. The molecule has 1 atom stereocenters. The van der Waals surface area contributed by atoms with E-state index in [-0.39, 0.29) is 0 Å². The SMILES string of the molecule is CC1(CNCC(N)C(N)=O)CCC1. The van der Waals surface area contributed by atoms with E-state index in [0.29, 0.717) is 12.0 Å². The number of rotatable bonds is 5. The first kappa shape index (κ1) is 10.5. The smallest absolute Gasteiger partial charge is 0.235 e. The van der Waals surface area contributed by atoms with Crippen LogP contribution in [0.15, 0.2) is 0 Å². The molecule has 0 saturated heterocycles. The number of carbonyl (C=O) groups is 1. The van der Waals surface area contributed by atoms with Crippen molar-refractivity contribution >= 4 is 5.91 Å². The van der Waals surface area contributed by atoms with Crippen LogP contribution in [-0.2, 0) is 4.79 Å². The summed E-state index contributed by atoms with van der Waals surface area (Å²) in [6.45, 7) is 3.68. The molecule has 0 aliphatic heterocycles. The fourth-order valence-corrected chi connectivity index (χ4v) is 1.59. The van der Waals surface area contributed by atoms with Gasteiger partial charge in [-0.15, -0.1) is 0 Å². The van der Waals surface area contributed by atoms with E-state index in [1.807, 2.05) is 0 Å². The number of nitrogens with two attached hydrogens (primary N) is 2. The predicted octanol–water partition coefficient (Wildman–Crippen LogP) is -0.421. The lowest BCUT2D eigenvalue weighted by molar-refractivity contribution is -0.119. The Kier molecular flexibility index (Phi) is 3.27. The molecule has 1 amide bonds. The van der Waals surface area contributed by atoms with Gasteiger partial charge in [-0.2, -0.15) is 0 Å². The zero-order chi connectivity index (χ0) is 9.90. The lowest BCUT2D eigenvalue weighted by atomic mass is 9.70. The monoisotopic (exact) mass is 185 g/mol. The van der Waals surface area contributed by atoms with E-state index in [1.54, 1.807) is 0 Å². The molecule has 4 nitrogen and oxygen atoms in total. The summed E-state index contributed by atoms with van der Waals surface area (Å²) in [5.74, 6) is -0.439. The Hall–Kier alpha value is -0.610. The number of hydrogen-bond acceptors (Lipinski definition) is 3. The van der Waals surface area contributed by atoms with E-state index in [1.165, 1.54) is 19.3 Å². The summed E-state index contributed by atoms with van der Waals surface area (Å²) in [5.41, 5.74) is 10.9. The first-order valence-electron chi connectivity index (χ1n) is 4.79. The molecule has 1 aliphatic rings. The topological polar surface area (TPSA) is 81.1 Å². The van der Waals surface area contributed by atoms with Crippen LogP contribution >= 0.6 is 0 Å². The van der Waals surface area contributed by atoms with Gasteiger partial charge < -0.3 is 16.8 Å². The van der Waals surface area contributed by atoms with Gasteiger partial charge in [-0.05, 0) is 18.3 Å². The Balaban J connectivity index is 2.10. The van der Waals surface area contributed by atoms with Gasteiger partial charge in [-0.25, -0.2) is 0 Å². The average Bonchev–Trinajstić information content (AvgIpc) is 2.01. The highest BCUT2D eigenvalue weighted by atomic mass is 16.1. The second-order valence-corrected chi connectivity index (χ2v) is 4.30. The van der Waals surface area contributed by atoms with Gasteiger partial charge in [0.1, 0.15) is 0 Å². The normalized spacial score (nSPS) is 22.0. The van der Waals surface area contributed by atoms with Crippen molar-refractivity contribution in [3.63, 3.8) is 0 Å². The zero-order valence-corrected chi connectivity index (χ0v) is 8.18. The van der Waals surface area contributed by atoms with Crippen LogP contribution in [0.3, 0.4) is 0 Å². The van der Waals surface area contributed by atoms with Crippen molar-refractivity contribution in [2.75, 3.05) is 13.1 Å². The van der Waals surface area contributed by atoms with Crippen LogP contribution in [0.5, 0.6) is 0 Å². The van der Waals surface area contributed by atoms with Crippen LogP contribution in [-0.4, -0.2) is 25.0 Å². The average molecular weight is 185 g/mol. The molecule has 1 unspecified atom stereocenters. The highest BCUT2D eigenvalue weighted by molar-refractivity contribution is 5.79. The second-order valence-electron chi connectivity index (χ2n) is 4.30. The van der Waals surface area contributed by atoms with Gasteiger partial charge in [0.25, 0.3) is 0 Å². The Labute approximate surface area is 79.0 Å². The van der Waals surface area contributed by atoms with E-state index in [0.717, 1.165) is 6.54 Å². The van der Waals surface area contributed by atoms with Crippen molar-refractivity contribution in [2.24, 2.45) is 16.9 Å². The maximum atomic E-state index is 10.6. The molecule has 1 fully saturated rings. The van der Waals surface area contributed by atoms with Gasteiger partial charge in [0.15, 0.2) is 0 Å². The third-order valence-corrected chi connectivity index (χ3v) is 2.84. The summed E-state index contributed by atoms with van der Waals surface area (Å²) in [4.78, 5) is 10.6. The quantitative estimate of drug-likeness (QED) is 0.544. The van der Waals surface area contributed by atoms with Crippen molar-refractivity contribution in [3.05, 3.63) is 0 Å². The third-order valence-electron chi connectivity index (χ3n) is 2.84. The van der Waals surface area contributed by atoms with Crippen LogP contribution in [0.4, 0.5) is 0 Å². The molecule has 1 saturated carbocycles. The molecule has 4 heteroatoms. The van der Waals surface area contributed by atoms with Gasteiger partial charge in [0, 0.05) is 13.1 Å². The summed E-state index contributed by atoms with van der Waals surface area (Å²) in [5, 5.41) is 3.18. The predicted molar refractivity (Wildman–Crippen MR) is 52.0 cm³/mol. The number of amides is 1. The van der Waals surface area contributed by atoms with E-state index in [2.05, 4.69) is 12.2 Å². The molecule has 1 rings (SSSR count). The van der Waals surface area contributed by atoms with Crippen molar-refractivity contribution in [3.8, 4) is 0 Å². The molecule has 76 valence electrons. The Morgan fingerprint density at radius 1 is 1.62 bits per heavy atom.